The van der Waals surface area contributed by atoms with E-state index in [0.717, 1.165) is 5.56 Å². The maximum Gasteiger partial charge on any atom is 0.228 e. The van der Waals surface area contributed by atoms with Gasteiger partial charge >= 0.3 is 0 Å². The van der Waals surface area contributed by atoms with Crippen molar-refractivity contribution >= 4 is 17.4 Å². The molecule has 2 unspecified atom stereocenters. The maximum absolute atomic E-state index is 11.9. The van der Waals surface area contributed by atoms with Crippen LogP contribution in [-0.2, 0) is 9.59 Å². The van der Waals surface area contributed by atoms with Crippen LogP contribution in [0.1, 0.15) is 12.5 Å². The minimum Gasteiger partial charge on any atom is -0.369 e. The molecule has 0 aromatic heterocycles. The highest BCUT2D eigenvalue weighted by atomic mass is 16.2. The molecule has 0 aliphatic heterocycles. The molecule has 0 saturated heterocycles. The molecule has 0 fully saturated rings. The third-order valence-corrected chi connectivity index (χ3v) is 3.65. The molecule has 0 bridgehead atoms. The van der Waals surface area contributed by atoms with Gasteiger partial charge in [-0.25, -0.2) is 0 Å². The number of benzene rings is 1. The Morgan fingerprint density at radius 3 is 2.32 bits per heavy atom. The summed E-state index contributed by atoms with van der Waals surface area (Å²) >= 11 is 0. The largest absolute Gasteiger partial charge is 0.369 e. The van der Waals surface area contributed by atoms with Gasteiger partial charge in [0.2, 0.25) is 11.8 Å². The molecule has 0 spiro atoms. The van der Waals surface area contributed by atoms with Crippen LogP contribution in [0.25, 0.3) is 5.57 Å². The lowest BCUT2D eigenvalue weighted by Gasteiger charge is -2.36. The Bertz CT molecular complexity index is 575. The number of hydrogen-bond acceptors (Lipinski definition) is 2. The summed E-state index contributed by atoms with van der Waals surface area (Å²) in [4.78, 5) is 23.5. The lowest BCUT2D eigenvalue weighted by Crippen LogP contribution is -2.47. The summed E-state index contributed by atoms with van der Waals surface area (Å²) in [6.45, 7) is 1.66. The van der Waals surface area contributed by atoms with Gasteiger partial charge < -0.3 is 11.5 Å². The molecule has 0 saturated carbocycles. The molecule has 1 aromatic rings. The minimum absolute atomic E-state index is 0.556. The number of primary amides is 2. The molecule has 0 heterocycles. The van der Waals surface area contributed by atoms with Crippen molar-refractivity contribution in [3.8, 4) is 0 Å². The Hall–Kier alpha value is -2.36. The Labute approximate surface area is 111 Å². The molecule has 4 heteroatoms. The summed E-state index contributed by atoms with van der Waals surface area (Å²) in [6.07, 6.45) is 5.17. The van der Waals surface area contributed by atoms with Crippen LogP contribution in [0.3, 0.4) is 0 Å². The van der Waals surface area contributed by atoms with E-state index in [4.69, 9.17) is 11.5 Å². The molecule has 4 N–H and O–H groups in total. The molecule has 2 atom stereocenters. The first kappa shape index (κ1) is 13.1. The second-order valence-corrected chi connectivity index (χ2v) is 4.78. The fourth-order valence-electron chi connectivity index (χ4n) is 2.48. The van der Waals surface area contributed by atoms with Gasteiger partial charge in [0.15, 0.2) is 0 Å². The average Bonchev–Trinajstić information content (AvgIpc) is 2.39. The van der Waals surface area contributed by atoms with Crippen LogP contribution in [0, 0.1) is 11.3 Å². The van der Waals surface area contributed by atoms with E-state index >= 15 is 0 Å². The standard InChI is InChI=1S/C15H16N2O2/c1-15(14(17)19)11(10-6-3-2-4-7-10)8-5-9-12(15)13(16)18/h2-9,12H,1H3,(H2,16,18)(H2,17,19). The van der Waals surface area contributed by atoms with Crippen LogP contribution in [0.4, 0.5) is 0 Å². The normalized spacial score (nSPS) is 25.7. The fourth-order valence-corrected chi connectivity index (χ4v) is 2.48. The van der Waals surface area contributed by atoms with Crippen LogP contribution in [0.15, 0.2) is 48.6 Å². The highest BCUT2D eigenvalue weighted by Gasteiger charge is 2.46. The van der Waals surface area contributed by atoms with Crippen LogP contribution < -0.4 is 11.5 Å². The van der Waals surface area contributed by atoms with Crippen molar-refractivity contribution in [1.82, 2.24) is 0 Å². The molecule has 98 valence electrons. The summed E-state index contributed by atoms with van der Waals surface area (Å²) in [5.74, 6) is -1.85. The first-order valence-corrected chi connectivity index (χ1v) is 6.01. The summed E-state index contributed by atoms with van der Waals surface area (Å²) < 4.78 is 0. The van der Waals surface area contributed by atoms with Gasteiger partial charge in [-0.15, -0.1) is 0 Å². The second-order valence-electron chi connectivity index (χ2n) is 4.78. The molecular formula is C15H16N2O2. The van der Waals surface area contributed by atoms with Gasteiger partial charge in [0.05, 0.1) is 11.3 Å². The third kappa shape index (κ3) is 2.05. The van der Waals surface area contributed by atoms with Crippen LogP contribution >= 0.6 is 0 Å². The quantitative estimate of drug-likeness (QED) is 0.852. The lowest BCUT2D eigenvalue weighted by atomic mass is 9.66. The van der Waals surface area contributed by atoms with E-state index < -0.39 is 23.1 Å². The highest BCUT2D eigenvalue weighted by Crippen LogP contribution is 2.44. The predicted octanol–water partition coefficient (Wildman–Crippen LogP) is 1.23. The van der Waals surface area contributed by atoms with Crippen molar-refractivity contribution in [2.24, 2.45) is 22.8 Å². The maximum atomic E-state index is 11.9. The fraction of sp³-hybridized carbons (Fsp3) is 0.200. The number of allylic oxidation sites excluding steroid dienone is 2. The number of amides is 2. The SMILES string of the molecule is CC1(C(N)=O)C(c2ccccc2)=CC=CC1C(N)=O. The van der Waals surface area contributed by atoms with Crippen molar-refractivity contribution in [2.45, 2.75) is 6.92 Å². The Balaban J connectivity index is 2.59. The van der Waals surface area contributed by atoms with E-state index in [0.29, 0.717) is 5.57 Å². The van der Waals surface area contributed by atoms with Crippen LogP contribution in [0.5, 0.6) is 0 Å². The van der Waals surface area contributed by atoms with Gasteiger partial charge in [0, 0.05) is 0 Å². The van der Waals surface area contributed by atoms with E-state index in [9.17, 15) is 9.59 Å². The first-order valence-electron chi connectivity index (χ1n) is 6.01. The summed E-state index contributed by atoms with van der Waals surface area (Å²) in [5, 5.41) is 0. The van der Waals surface area contributed by atoms with Crippen molar-refractivity contribution in [3.05, 3.63) is 54.1 Å². The smallest absolute Gasteiger partial charge is 0.228 e. The van der Waals surface area contributed by atoms with Crippen LogP contribution in [0.2, 0.25) is 0 Å². The van der Waals surface area contributed by atoms with Crippen molar-refractivity contribution in [1.29, 1.82) is 0 Å². The van der Waals surface area contributed by atoms with E-state index in [1.165, 1.54) is 0 Å². The molecule has 2 amide bonds. The summed E-state index contributed by atoms with van der Waals surface area (Å²) in [5.41, 5.74) is 11.4. The molecule has 4 nitrogen and oxygen atoms in total. The van der Waals surface area contributed by atoms with Crippen molar-refractivity contribution < 1.29 is 9.59 Å². The lowest BCUT2D eigenvalue weighted by molar-refractivity contribution is -0.132. The van der Waals surface area contributed by atoms with Crippen molar-refractivity contribution in [2.75, 3.05) is 0 Å². The van der Waals surface area contributed by atoms with Gasteiger partial charge in [0.25, 0.3) is 0 Å². The molecule has 1 aliphatic carbocycles. The van der Waals surface area contributed by atoms with E-state index in [1.807, 2.05) is 30.3 Å². The van der Waals surface area contributed by atoms with E-state index in [2.05, 4.69) is 0 Å². The Morgan fingerprint density at radius 2 is 1.79 bits per heavy atom. The molecule has 0 radical (unpaired) electrons. The van der Waals surface area contributed by atoms with Crippen molar-refractivity contribution in [3.63, 3.8) is 0 Å². The number of carbonyl (C=O) groups is 2. The molecule has 19 heavy (non-hydrogen) atoms. The average molecular weight is 256 g/mol. The zero-order chi connectivity index (χ0) is 14.0. The second kappa shape index (κ2) is 4.72. The Morgan fingerprint density at radius 1 is 1.16 bits per heavy atom. The number of nitrogens with two attached hydrogens (primary N) is 2. The molecular weight excluding hydrogens is 240 g/mol. The monoisotopic (exact) mass is 256 g/mol. The van der Waals surface area contributed by atoms with E-state index in [1.54, 1.807) is 25.2 Å². The topological polar surface area (TPSA) is 86.2 Å². The van der Waals surface area contributed by atoms with Gasteiger partial charge in [-0.2, -0.15) is 0 Å². The predicted molar refractivity (Wildman–Crippen MR) is 73.5 cm³/mol. The number of carbonyl (C=O) groups excluding carboxylic acids is 2. The highest BCUT2D eigenvalue weighted by molar-refractivity contribution is 6.01. The van der Waals surface area contributed by atoms with Crippen LogP contribution in [-0.4, -0.2) is 11.8 Å². The van der Waals surface area contributed by atoms with E-state index in [-0.39, 0.29) is 0 Å². The third-order valence-electron chi connectivity index (χ3n) is 3.65. The van der Waals surface area contributed by atoms with Gasteiger partial charge in [-0.1, -0.05) is 48.6 Å². The first-order chi connectivity index (χ1) is 8.98. The van der Waals surface area contributed by atoms with Gasteiger partial charge in [0.1, 0.15) is 0 Å². The zero-order valence-electron chi connectivity index (χ0n) is 10.7. The summed E-state index contributed by atoms with van der Waals surface area (Å²) in [7, 11) is 0. The molecule has 1 aliphatic rings. The van der Waals surface area contributed by atoms with Gasteiger partial charge in [-0.3, -0.25) is 9.59 Å². The molecule has 2 rings (SSSR count). The van der Waals surface area contributed by atoms with Gasteiger partial charge in [-0.05, 0) is 18.1 Å². The minimum atomic E-state index is -1.12. The Kier molecular flexibility index (Phi) is 3.25. The summed E-state index contributed by atoms with van der Waals surface area (Å²) in [6, 6.07) is 9.38. The number of hydrogen-bond donors (Lipinski definition) is 2. The molecule has 1 aromatic carbocycles. The number of rotatable bonds is 3. The zero-order valence-corrected chi connectivity index (χ0v) is 10.7.